The van der Waals surface area contributed by atoms with Gasteiger partial charge in [0.2, 0.25) is 0 Å². The maximum atomic E-state index is 12.5. The minimum atomic E-state index is -0.487. The van der Waals surface area contributed by atoms with E-state index in [2.05, 4.69) is 72.9 Å². The quantitative estimate of drug-likeness (QED) is 0.705. The van der Waals surface area contributed by atoms with E-state index in [0.29, 0.717) is 26.0 Å². The van der Waals surface area contributed by atoms with E-state index in [9.17, 15) is 4.79 Å². The maximum absolute atomic E-state index is 12.5. The molecule has 5 nitrogen and oxygen atoms in total. The summed E-state index contributed by atoms with van der Waals surface area (Å²) in [5, 5.41) is 3.57. The van der Waals surface area contributed by atoms with Gasteiger partial charge in [-0.25, -0.2) is 0 Å². The number of nitrogens with one attached hydrogen (secondary N) is 1. The van der Waals surface area contributed by atoms with Crippen LogP contribution in [0.25, 0.3) is 0 Å². The topological polar surface area (TPSA) is 67.6 Å². The van der Waals surface area contributed by atoms with Crippen LogP contribution < -0.4 is 11.1 Å². The predicted octanol–water partition coefficient (Wildman–Crippen LogP) is 2.46. The van der Waals surface area contributed by atoms with Crippen LogP contribution in [0, 0.1) is 5.92 Å². The third-order valence-electron chi connectivity index (χ3n) is 6.50. The Morgan fingerprint density at radius 2 is 1.97 bits per heavy atom. The number of hydrogen-bond acceptors (Lipinski definition) is 5. The van der Waals surface area contributed by atoms with E-state index in [-0.39, 0.29) is 11.7 Å². The number of likely N-dealkylation sites (N-methyl/N-ethyl adjacent to an activating group) is 1. The summed E-state index contributed by atoms with van der Waals surface area (Å²) in [6.45, 7) is 4.71. The molecule has 1 fully saturated rings. The molecule has 0 saturated carbocycles. The molecule has 0 radical (unpaired) electrons. The average Bonchev–Trinajstić information content (AvgIpc) is 2.75. The number of benzene rings is 1. The third kappa shape index (κ3) is 4.24. The molecule has 0 bridgehead atoms. The Morgan fingerprint density at radius 3 is 2.55 bits per heavy atom. The molecule has 2 aliphatic rings. The van der Waals surface area contributed by atoms with Gasteiger partial charge in [-0.3, -0.25) is 9.69 Å². The van der Waals surface area contributed by atoms with Crippen LogP contribution in [-0.2, 0) is 22.5 Å². The number of allylic oxidation sites excluding steroid dienone is 2. The molecule has 1 heterocycles. The van der Waals surface area contributed by atoms with Gasteiger partial charge < -0.3 is 15.8 Å². The first-order valence-corrected chi connectivity index (χ1v) is 10.6. The summed E-state index contributed by atoms with van der Waals surface area (Å²) >= 11 is 0. The van der Waals surface area contributed by atoms with Gasteiger partial charge in [0, 0.05) is 44.8 Å². The summed E-state index contributed by atoms with van der Waals surface area (Å²) in [6, 6.07) is 8.49. The molecular weight excluding hydrogens is 362 g/mol. The molecule has 1 saturated heterocycles. The minimum absolute atomic E-state index is 0.0539. The Hall–Kier alpha value is -1.79. The van der Waals surface area contributed by atoms with Crippen molar-refractivity contribution < 1.29 is 9.53 Å². The van der Waals surface area contributed by atoms with E-state index in [1.54, 1.807) is 0 Å². The van der Waals surface area contributed by atoms with Crippen LogP contribution >= 0.6 is 0 Å². The van der Waals surface area contributed by atoms with Gasteiger partial charge in [0.1, 0.15) is 11.4 Å². The zero-order valence-corrected chi connectivity index (χ0v) is 18.0. The number of nitrogens with zero attached hydrogens (tertiary/aromatic N) is 1. The van der Waals surface area contributed by atoms with Crippen LogP contribution in [0.15, 0.2) is 48.6 Å². The standard InChI is InChI=1S/C24H35N3O2/c1-4-22(28)15-21-7-5-6-12-24(21,27(2)3)23(18-26-13-14-29-23)16-19-8-10-20(17-25)11-9-19/h5-12,21,26H,4,13-18,25H2,1-3H3. The van der Waals surface area contributed by atoms with Gasteiger partial charge in [-0.15, -0.1) is 0 Å². The van der Waals surface area contributed by atoms with E-state index in [0.717, 1.165) is 25.1 Å². The van der Waals surface area contributed by atoms with Crippen molar-refractivity contribution >= 4 is 5.78 Å². The van der Waals surface area contributed by atoms with Crippen molar-refractivity contribution in [1.29, 1.82) is 0 Å². The molecule has 5 heteroatoms. The minimum Gasteiger partial charge on any atom is -0.370 e. The number of hydrogen-bond donors (Lipinski definition) is 2. The van der Waals surface area contributed by atoms with E-state index >= 15 is 0 Å². The highest BCUT2D eigenvalue weighted by molar-refractivity contribution is 5.79. The van der Waals surface area contributed by atoms with E-state index in [1.807, 2.05) is 6.92 Å². The molecule has 1 aliphatic heterocycles. The van der Waals surface area contributed by atoms with Gasteiger partial charge in [0.15, 0.2) is 0 Å². The van der Waals surface area contributed by atoms with Crippen LogP contribution in [0.4, 0.5) is 0 Å². The Morgan fingerprint density at radius 1 is 1.24 bits per heavy atom. The van der Waals surface area contributed by atoms with Crippen LogP contribution in [-0.4, -0.2) is 55.6 Å². The number of morpholine rings is 1. The van der Waals surface area contributed by atoms with Gasteiger partial charge in [0.05, 0.1) is 12.1 Å². The zero-order chi connectivity index (χ0) is 20.9. The van der Waals surface area contributed by atoms with Crippen molar-refractivity contribution in [1.82, 2.24) is 10.2 Å². The van der Waals surface area contributed by atoms with Crippen molar-refractivity contribution in [2.45, 2.75) is 43.9 Å². The average molecular weight is 398 g/mol. The molecule has 3 rings (SSSR count). The summed E-state index contributed by atoms with van der Waals surface area (Å²) in [7, 11) is 4.20. The van der Waals surface area contributed by atoms with Crippen LogP contribution in [0.5, 0.6) is 0 Å². The van der Waals surface area contributed by atoms with Crippen molar-refractivity contribution in [3.8, 4) is 0 Å². The maximum Gasteiger partial charge on any atom is 0.133 e. The molecule has 3 N–H and O–H groups in total. The fourth-order valence-corrected chi connectivity index (χ4v) is 4.96. The molecule has 29 heavy (non-hydrogen) atoms. The van der Waals surface area contributed by atoms with Crippen LogP contribution in [0.3, 0.4) is 0 Å². The van der Waals surface area contributed by atoms with Gasteiger partial charge in [-0.05, 0) is 25.2 Å². The van der Waals surface area contributed by atoms with Gasteiger partial charge in [-0.2, -0.15) is 0 Å². The van der Waals surface area contributed by atoms with Crippen LogP contribution in [0.2, 0.25) is 0 Å². The zero-order valence-electron chi connectivity index (χ0n) is 18.0. The molecular formula is C24H35N3O2. The van der Waals surface area contributed by atoms with Crippen molar-refractivity contribution in [3.05, 3.63) is 59.7 Å². The molecule has 0 aromatic heterocycles. The summed E-state index contributed by atoms with van der Waals surface area (Å²) in [5.74, 6) is 0.338. The number of ether oxygens (including phenoxy) is 1. The summed E-state index contributed by atoms with van der Waals surface area (Å²) in [6.07, 6.45) is 10.4. The first kappa shape index (κ1) is 21.9. The number of ketones is 1. The van der Waals surface area contributed by atoms with E-state index < -0.39 is 11.1 Å². The molecule has 1 aromatic carbocycles. The largest absolute Gasteiger partial charge is 0.370 e. The monoisotopic (exact) mass is 397 g/mol. The number of carbonyl (C=O) groups is 1. The Bertz CT molecular complexity index is 748. The predicted molar refractivity (Wildman–Crippen MR) is 118 cm³/mol. The Kier molecular flexibility index (Phi) is 7.06. The first-order chi connectivity index (χ1) is 14.0. The highest BCUT2D eigenvalue weighted by atomic mass is 16.5. The fourth-order valence-electron chi connectivity index (χ4n) is 4.96. The second-order valence-corrected chi connectivity index (χ2v) is 8.38. The lowest BCUT2D eigenvalue weighted by Crippen LogP contribution is -2.72. The number of Topliss-reactive ketones (excluding diaryl/α,β-unsaturated/α-hetero) is 1. The number of rotatable bonds is 8. The number of carbonyl (C=O) groups excluding carboxylic acids is 1. The van der Waals surface area contributed by atoms with Crippen LogP contribution in [0.1, 0.15) is 30.9 Å². The van der Waals surface area contributed by atoms with E-state index in [1.165, 1.54) is 5.56 Å². The van der Waals surface area contributed by atoms with Gasteiger partial charge in [-0.1, -0.05) is 55.5 Å². The molecule has 1 aromatic rings. The molecule has 3 unspecified atom stereocenters. The molecule has 3 atom stereocenters. The lowest BCUT2D eigenvalue weighted by Gasteiger charge is -2.57. The lowest BCUT2D eigenvalue weighted by molar-refractivity contribution is -0.155. The molecule has 0 spiro atoms. The highest BCUT2D eigenvalue weighted by Crippen LogP contribution is 2.45. The summed E-state index contributed by atoms with van der Waals surface area (Å²) < 4.78 is 6.65. The van der Waals surface area contributed by atoms with Gasteiger partial charge in [0.25, 0.3) is 0 Å². The first-order valence-electron chi connectivity index (χ1n) is 10.6. The normalized spacial score (nSPS) is 29.3. The summed E-state index contributed by atoms with van der Waals surface area (Å²) in [5.41, 5.74) is 7.21. The van der Waals surface area contributed by atoms with Crippen molar-refractivity contribution in [3.63, 3.8) is 0 Å². The highest BCUT2D eigenvalue weighted by Gasteiger charge is 2.57. The van der Waals surface area contributed by atoms with Crippen molar-refractivity contribution in [2.75, 3.05) is 33.8 Å². The lowest BCUT2D eigenvalue weighted by atomic mass is 9.63. The molecule has 0 amide bonds. The summed E-state index contributed by atoms with van der Waals surface area (Å²) in [4.78, 5) is 14.7. The van der Waals surface area contributed by atoms with Crippen molar-refractivity contribution in [2.24, 2.45) is 11.7 Å². The molecule has 158 valence electrons. The third-order valence-corrected chi connectivity index (χ3v) is 6.50. The number of nitrogens with two attached hydrogens (primary N) is 1. The smallest absolute Gasteiger partial charge is 0.133 e. The Balaban J connectivity index is 2.05. The Labute approximate surface area is 175 Å². The van der Waals surface area contributed by atoms with E-state index in [4.69, 9.17) is 10.5 Å². The second-order valence-electron chi connectivity index (χ2n) is 8.38. The fraction of sp³-hybridized carbons (Fsp3) is 0.542. The van der Waals surface area contributed by atoms with Gasteiger partial charge >= 0.3 is 0 Å². The SMILES string of the molecule is CCC(=O)CC1C=CC=CC1(N(C)C)C1(Cc2ccc(CN)cc2)CNCCO1. The molecule has 1 aliphatic carbocycles. The second kappa shape index (κ2) is 9.35.